The molecule has 1 aromatic heterocycles. The molecule has 0 aliphatic carbocycles. The van der Waals surface area contributed by atoms with E-state index in [1.165, 1.54) is 0 Å². The molecule has 2 N–H and O–H groups in total. The van der Waals surface area contributed by atoms with Crippen LogP contribution < -0.4 is 5.73 Å². The topological polar surface area (TPSA) is 47.1 Å². The molecule has 1 saturated heterocycles. The minimum atomic E-state index is 0.358. The van der Waals surface area contributed by atoms with E-state index >= 15 is 0 Å². The van der Waals surface area contributed by atoms with E-state index < -0.39 is 0 Å². The summed E-state index contributed by atoms with van der Waals surface area (Å²) in [5, 5.41) is 0.691. The van der Waals surface area contributed by atoms with Gasteiger partial charge in [0.1, 0.15) is 11.0 Å². The van der Waals surface area contributed by atoms with E-state index in [-0.39, 0.29) is 0 Å². The Kier molecular flexibility index (Phi) is 3.52. The molecular formula is C11H19ClN4. The lowest BCUT2D eigenvalue weighted by molar-refractivity contribution is 0.135. The lowest BCUT2D eigenvalue weighted by Gasteiger charge is -2.35. The average Bonchev–Trinajstić information content (AvgIpc) is 2.54. The highest BCUT2D eigenvalue weighted by Gasteiger charge is 2.24. The molecule has 2 unspecified atom stereocenters. The molecule has 5 heteroatoms. The van der Waals surface area contributed by atoms with Crippen molar-refractivity contribution >= 4 is 11.6 Å². The van der Waals surface area contributed by atoms with Gasteiger partial charge in [0.2, 0.25) is 0 Å². The number of imidazole rings is 1. The van der Waals surface area contributed by atoms with E-state index in [4.69, 9.17) is 17.3 Å². The highest BCUT2D eigenvalue weighted by atomic mass is 35.5. The van der Waals surface area contributed by atoms with Crippen molar-refractivity contribution in [2.45, 2.75) is 38.4 Å². The maximum atomic E-state index is 5.97. The van der Waals surface area contributed by atoms with E-state index in [1.807, 2.05) is 11.6 Å². The summed E-state index contributed by atoms with van der Waals surface area (Å²) in [7, 11) is 1.95. The predicted molar refractivity (Wildman–Crippen MR) is 65.3 cm³/mol. The summed E-state index contributed by atoms with van der Waals surface area (Å²) in [5.74, 6) is 1.02. The van der Waals surface area contributed by atoms with Crippen molar-refractivity contribution in [3.8, 4) is 0 Å². The third-order valence-electron chi connectivity index (χ3n) is 3.43. The van der Waals surface area contributed by atoms with E-state index in [9.17, 15) is 0 Å². The van der Waals surface area contributed by atoms with Crippen LogP contribution in [0, 0.1) is 0 Å². The Hall–Kier alpha value is -0.580. The number of hydrogen-bond donors (Lipinski definition) is 1. The van der Waals surface area contributed by atoms with Gasteiger partial charge in [0.05, 0.1) is 12.7 Å². The van der Waals surface area contributed by atoms with Crippen LogP contribution in [0.4, 0.5) is 0 Å². The largest absolute Gasteiger partial charge is 0.328 e. The Balaban J connectivity index is 2.02. The first-order valence-electron chi connectivity index (χ1n) is 5.73. The van der Waals surface area contributed by atoms with Crippen molar-refractivity contribution in [1.82, 2.24) is 14.5 Å². The third kappa shape index (κ3) is 2.39. The average molecular weight is 243 g/mol. The molecule has 0 amide bonds. The first-order chi connectivity index (χ1) is 7.58. The second-order valence-corrected chi connectivity index (χ2v) is 5.05. The maximum absolute atomic E-state index is 5.97. The minimum absolute atomic E-state index is 0.358. The fourth-order valence-corrected chi connectivity index (χ4v) is 2.39. The zero-order chi connectivity index (χ0) is 11.7. The van der Waals surface area contributed by atoms with E-state index in [0.717, 1.165) is 31.8 Å². The first kappa shape index (κ1) is 11.9. The zero-order valence-electron chi connectivity index (χ0n) is 9.86. The van der Waals surface area contributed by atoms with Crippen LogP contribution in [-0.4, -0.2) is 33.1 Å². The molecule has 2 rings (SSSR count). The lowest BCUT2D eigenvalue weighted by Crippen LogP contribution is -2.45. The van der Waals surface area contributed by atoms with Gasteiger partial charge in [-0.05, 0) is 19.8 Å². The second kappa shape index (κ2) is 4.73. The second-order valence-electron chi connectivity index (χ2n) is 4.66. The smallest absolute Gasteiger partial charge is 0.128 e. The Bertz CT molecular complexity index is 363. The quantitative estimate of drug-likeness (QED) is 0.853. The number of nitrogens with two attached hydrogens (primary N) is 1. The van der Waals surface area contributed by atoms with E-state index in [2.05, 4.69) is 16.8 Å². The number of nitrogens with zero attached hydrogens (tertiary/aromatic N) is 3. The maximum Gasteiger partial charge on any atom is 0.128 e. The van der Waals surface area contributed by atoms with Crippen LogP contribution in [0.5, 0.6) is 0 Å². The lowest BCUT2D eigenvalue weighted by atomic mass is 9.99. The molecule has 4 nitrogen and oxygen atoms in total. The number of aromatic nitrogens is 2. The molecule has 1 aliphatic rings. The zero-order valence-corrected chi connectivity index (χ0v) is 10.6. The predicted octanol–water partition coefficient (Wildman–Crippen LogP) is 1.39. The summed E-state index contributed by atoms with van der Waals surface area (Å²) in [6.07, 6.45) is 3.85. The fourth-order valence-electron chi connectivity index (χ4n) is 2.24. The standard InChI is InChI=1S/C11H19ClN4/c1-8-5-9(13)3-4-16(8)7-11-14-6-10(12)15(11)2/h6,8-9H,3-5,7,13H2,1-2H3. The summed E-state index contributed by atoms with van der Waals surface area (Å²) in [6, 6.07) is 0.885. The van der Waals surface area contributed by atoms with Crippen LogP contribution >= 0.6 is 11.6 Å². The summed E-state index contributed by atoms with van der Waals surface area (Å²) >= 11 is 5.97. The molecule has 16 heavy (non-hydrogen) atoms. The van der Waals surface area contributed by atoms with Crippen LogP contribution in [0.15, 0.2) is 6.20 Å². The van der Waals surface area contributed by atoms with Crippen LogP contribution in [0.25, 0.3) is 0 Å². The number of piperidine rings is 1. The molecule has 0 radical (unpaired) electrons. The van der Waals surface area contributed by atoms with Gasteiger partial charge < -0.3 is 10.3 Å². The highest BCUT2D eigenvalue weighted by Crippen LogP contribution is 2.19. The molecule has 1 aliphatic heterocycles. The number of rotatable bonds is 2. The molecule has 0 saturated carbocycles. The summed E-state index contributed by atoms with van der Waals surface area (Å²) in [6.45, 7) is 4.13. The van der Waals surface area contributed by atoms with Crippen LogP contribution in [0.1, 0.15) is 25.6 Å². The SMILES string of the molecule is CC1CC(N)CCN1Cc1ncc(Cl)n1C. The van der Waals surface area contributed by atoms with E-state index in [0.29, 0.717) is 17.2 Å². The molecule has 2 atom stereocenters. The van der Waals surface area contributed by atoms with Gasteiger partial charge in [-0.2, -0.15) is 0 Å². The van der Waals surface area contributed by atoms with Crippen LogP contribution in [0.3, 0.4) is 0 Å². The summed E-state index contributed by atoms with van der Waals surface area (Å²) in [4.78, 5) is 6.74. The van der Waals surface area contributed by atoms with Crippen molar-refractivity contribution in [2.75, 3.05) is 6.54 Å². The van der Waals surface area contributed by atoms with Crippen LogP contribution in [-0.2, 0) is 13.6 Å². The van der Waals surface area contributed by atoms with Crippen molar-refractivity contribution in [1.29, 1.82) is 0 Å². The summed E-state index contributed by atoms with van der Waals surface area (Å²) in [5.41, 5.74) is 5.95. The van der Waals surface area contributed by atoms with Gasteiger partial charge in [-0.15, -0.1) is 0 Å². The van der Waals surface area contributed by atoms with Gasteiger partial charge >= 0.3 is 0 Å². The Labute approximate surface area is 101 Å². The molecule has 90 valence electrons. The highest BCUT2D eigenvalue weighted by molar-refractivity contribution is 6.29. The van der Waals surface area contributed by atoms with Crippen molar-refractivity contribution in [3.63, 3.8) is 0 Å². The number of halogens is 1. The molecule has 0 aromatic carbocycles. The monoisotopic (exact) mass is 242 g/mol. The molecule has 0 bridgehead atoms. The molecule has 0 spiro atoms. The van der Waals surface area contributed by atoms with Crippen molar-refractivity contribution in [3.05, 3.63) is 17.2 Å². The number of likely N-dealkylation sites (tertiary alicyclic amines) is 1. The van der Waals surface area contributed by atoms with Gasteiger partial charge in [0.15, 0.2) is 0 Å². The van der Waals surface area contributed by atoms with Crippen molar-refractivity contribution < 1.29 is 0 Å². The van der Waals surface area contributed by atoms with Gasteiger partial charge in [0, 0.05) is 25.7 Å². The van der Waals surface area contributed by atoms with Gasteiger partial charge in [0.25, 0.3) is 0 Å². The minimum Gasteiger partial charge on any atom is -0.328 e. The molecular weight excluding hydrogens is 224 g/mol. The summed E-state index contributed by atoms with van der Waals surface area (Å²) < 4.78 is 1.93. The molecule has 1 fully saturated rings. The van der Waals surface area contributed by atoms with Gasteiger partial charge in [-0.25, -0.2) is 4.98 Å². The molecule has 1 aromatic rings. The Morgan fingerprint density at radius 1 is 1.62 bits per heavy atom. The first-order valence-corrected chi connectivity index (χ1v) is 6.11. The molecule has 2 heterocycles. The van der Waals surface area contributed by atoms with Gasteiger partial charge in [-0.1, -0.05) is 11.6 Å². The number of hydrogen-bond acceptors (Lipinski definition) is 3. The van der Waals surface area contributed by atoms with Crippen LogP contribution in [0.2, 0.25) is 5.15 Å². The van der Waals surface area contributed by atoms with E-state index in [1.54, 1.807) is 6.20 Å². The normalized spacial score (nSPS) is 27.2. The Morgan fingerprint density at radius 2 is 2.38 bits per heavy atom. The fraction of sp³-hybridized carbons (Fsp3) is 0.727. The van der Waals surface area contributed by atoms with Crippen molar-refractivity contribution in [2.24, 2.45) is 12.8 Å². The van der Waals surface area contributed by atoms with Gasteiger partial charge in [-0.3, -0.25) is 4.90 Å². The third-order valence-corrected chi connectivity index (χ3v) is 3.78. The Morgan fingerprint density at radius 3 is 2.94 bits per heavy atom.